The quantitative estimate of drug-likeness (QED) is 0.515. The molecule has 0 saturated heterocycles. The molecule has 0 spiro atoms. The van der Waals surface area contributed by atoms with Gasteiger partial charge in [0.15, 0.2) is 11.6 Å². The van der Waals surface area contributed by atoms with Crippen LogP contribution in [0.25, 0.3) is 0 Å². The SMILES string of the molecule is C=C(C)C(=O)c1ccc(C(C)(C)c2ccc(C(=O)C(=C)C)cc2)cc1. The van der Waals surface area contributed by atoms with Gasteiger partial charge in [0.2, 0.25) is 0 Å². The predicted molar refractivity (Wildman–Crippen MR) is 103 cm³/mol. The molecule has 0 amide bonds. The van der Waals surface area contributed by atoms with Crippen LogP contribution in [0.5, 0.6) is 0 Å². The first-order valence-electron chi connectivity index (χ1n) is 8.26. The third kappa shape index (κ3) is 3.85. The molecular weight excluding hydrogens is 308 g/mol. The average Bonchev–Trinajstić information content (AvgIpc) is 2.60. The number of rotatable bonds is 6. The molecule has 2 aromatic carbocycles. The Hall–Kier alpha value is -2.74. The van der Waals surface area contributed by atoms with E-state index in [1.54, 1.807) is 13.8 Å². The Morgan fingerprint density at radius 2 is 0.960 bits per heavy atom. The lowest BCUT2D eigenvalue weighted by molar-refractivity contribution is 0.102. The molecule has 2 aromatic rings. The van der Waals surface area contributed by atoms with Crippen molar-refractivity contribution in [3.05, 3.63) is 95.1 Å². The van der Waals surface area contributed by atoms with Gasteiger partial charge < -0.3 is 0 Å². The van der Waals surface area contributed by atoms with Crippen molar-refractivity contribution < 1.29 is 9.59 Å². The third-order valence-corrected chi connectivity index (χ3v) is 4.51. The molecule has 2 nitrogen and oxygen atoms in total. The Bertz CT molecular complexity index is 763. The molecule has 0 bridgehead atoms. The van der Waals surface area contributed by atoms with Crippen molar-refractivity contribution in [2.45, 2.75) is 33.1 Å². The number of carbonyl (C=O) groups excluding carboxylic acids is 2. The largest absolute Gasteiger partial charge is 0.289 e. The Morgan fingerprint density at radius 3 is 1.20 bits per heavy atom. The van der Waals surface area contributed by atoms with Crippen LogP contribution in [0.2, 0.25) is 0 Å². The molecule has 128 valence electrons. The Kier molecular flexibility index (Phi) is 5.22. The summed E-state index contributed by atoms with van der Waals surface area (Å²) in [4.78, 5) is 24.0. The van der Waals surface area contributed by atoms with E-state index in [-0.39, 0.29) is 17.0 Å². The van der Waals surface area contributed by atoms with E-state index < -0.39 is 0 Å². The minimum absolute atomic E-state index is 0.0352. The highest BCUT2D eigenvalue weighted by atomic mass is 16.1. The standard InChI is InChI=1S/C23H24O2/c1-15(2)21(24)17-7-11-19(12-8-17)23(5,6)20-13-9-18(10-14-20)22(25)16(3)4/h7-14H,1,3H2,2,4-6H3. The van der Waals surface area contributed by atoms with Gasteiger partial charge in [-0.25, -0.2) is 0 Å². The maximum Gasteiger partial charge on any atom is 0.188 e. The minimum atomic E-state index is -0.240. The summed E-state index contributed by atoms with van der Waals surface area (Å²) >= 11 is 0. The van der Waals surface area contributed by atoms with Gasteiger partial charge in [-0.1, -0.05) is 75.5 Å². The molecule has 0 unspecified atom stereocenters. The van der Waals surface area contributed by atoms with Gasteiger partial charge in [0.25, 0.3) is 0 Å². The first kappa shape index (κ1) is 18.6. The van der Waals surface area contributed by atoms with Gasteiger partial charge in [-0.05, 0) is 36.1 Å². The number of Topliss-reactive ketones (excluding diaryl/α,β-unsaturated/α-hetero) is 2. The number of ketones is 2. The summed E-state index contributed by atoms with van der Waals surface area (Å²) in [6, 6.07) is 15.3. The summed E-state index contributed by atoms with van der Waals surface area (Å²) in [5, 5.41) is 0. The van der Waals surface area contributed by atoms with Gasteiger partial charge in [-0.3, -0.25) is 9.59 Å². The van der Waals surface area contributed by atoms with Gasteiger partial charge in [0, 0.05) is 16.5 Å². The van der Waals surface area contributed by atoms with Crippen LogP contribution in [0.1, 0.15) is 59.5 Å². The number of benzene rings is 2. The third-order valence-electron chi connectivity index (χ3n) is 4.51. The van der Waals surface area contributed by atoms with Crippen molar-refractivity contribution in [3.8, 4) is 0 Å². The number of allylic oxidation sites excluding steroid dienone is 2. The highest BCUT2D eigenvalue weighted by Crippen LogP contribution is 2.32. The molecule has 0 radical (unpaired) electrons. The van der Waals surface area contributed by atoms with Gasteiger partial charge in [0.05, 0.1) is 0 Å². The van der Waals surface area contributed by atoms with E-state index in [0.29, 0.717) is 22.3 Å². The molecule has 0 aliphatic rings. The molecule has 0 saturated carbocycles. The summed E-state index contributed by atoms with van der Waals surface area (Å²) in [5.41, 5.74) is 4.32. The lowest BCUT2D eigenvalue weighted by atomic mass is 9.77. The van der Waals surface area contributed by atoms with E-state index in [1.807, 2.05) is 48.5 Å². The molecule has 0 fully saturated rings. The van der Waals surface area contributed by atoms with Crippen molar-refractivity contribution in [1.82, 2.24) is 0 Å². The predicted octanol–water partition coefficient (Wildman–Crippen LogP) is 5.53. The normalized spacial score (nSPS) is 11.0. The molecule has 2 heteroatoms. The number of carbonyl (C=O) groups is 2. The highest BCUT2D eigenvalue weighted by Gasteiger charge is 2.23. The Labute approximate surface area is 149 Å². The number of hydrogen-bond acceptors (Lipinski definition) is 2. The maximum atomic E-state index is 12.0. The second kappa shape index (κ2) is 7.02. The molecule has 0 atom stereocenters. The summed E-state index contributed by atoms with van der Waals surface area (Å²) in [6.45, 7) is 15.1. The highest BCUT2D eigenvalue weighted by molar-refractivity contribution is 6.08. The summed E-state index contributed by atoms with van der Waals surface area (Å²) in [6.07, 6.45) is 0. The zero-order valence-corrected chi connectivity index (χ0v) is 15.3. The van der Waals surface area contributed by atoms with Crippen LogP contribution >= 0.6 is 0 Å². The molecule has 0 aliphatic heterocycles. The Balaban J connectivity index is 2.32. The molecule has 0 aliphatic carbocycles. The van der Waals surface area contributed by atoms with Crippen LogP contribution in [0.4, 0.5) is 0 Å². The van der Waals surface area contributed by atoms with Gasteiger partial charge >= 0.3 is 0 Å². The maximum absolute atomic E-state index is 12.0. The second-order valence-electron chi connectivity index (χ2n) is 7.00. The van der Waals surface area contributed by atoms with Crippen molar-refractivity contribution in [2.24, 2.45) is 0 Å². The zero-order valence-electron chi connectivity index (χ0n) is 15.3. The Morgan fingerprint density at radius 1 is 0.680 bits per heavy atom. The van der Waals surface area contributed by atoms with Gasteiger partial charge in [-0.2, -0.15) is 0 Å². The van der Waals surface area contributed by atoms with Crippen molar-refractivity contribution >= 4 is 11.6 Å². The van der Waals surface area contributed by atoms with Gasteiger partial charge in [0.1, 0.15) is 0 Å². The van der Waals surface area contributed by atoms with Crippen LogP contribution in [-0.4, -0.2) is 11.6 Å². The second-order valence-corrected chi connectivity index (χ2v) is 7.00. The molecule has 0 N–H and O–H groups in total. The van der Waals surface area contributed by atoms with Crippen LogP contribution in [-0.2, 0) is 5.41 Å². The van der Waals surface area contributed by atoms with E-state index in [0.717, 1.165) is 11.1 Å². The van der Waals surface area contributed by atoms with E-state index in [1.165, 1.54) is 0 Å². The topological polar surface area (TPSA) is 34.1 Å². The van der Waals surface area contributed by atoms with Crippen LogP contribution in [0.15, 0.2) is 72.8 Å². The fraction of sp³-hybridized carbons (Fsp3) is 0.217. The lowest BCUT2D eigenvalue weighted by Gasteiger charge is -2.26. The van der Waals surface area contributed by atoms with E-state index in [2.05, 4.69) is 27.0 Å². The van der Waals surface area contributed by atoms with E-state index in [4.69, 9.17) is 0 Å². The van der Waals surface area contributed by atoms with Crippen molar-refractivity contribution in [1.29, 1.82) is 0 Å². The zero-order chi connectivity index (χ0) is 18.8. The molecule has 0 aromatic heterocycles. The smallest absolute Gasteiger partial charge is 0.188 e. The fourth-order valence-electron chi connectivity index (χ4n) is 2.74. The van der Waals surface area contributed by atoms with Crippen LogP contribution < -0.4 is 0 Å². The van der Waals surface area contributed by atoms with Crippen molar-refractivity contribution in [3.63, 3.8) is 0 Å². The van der Waals surface area contributed by atoms with E-state index >= 15 is 0 Å². The van der Waals surface area contributed by atoms with Gasteiger partial charge in [-0.15, -0.1) is 0 Å². The molecule has 2 rings (SSSR count). The van der Waals surface area contributed by atoms with Crippen LogP contribution in [0, 0.1) is 0 Å². The summed E-state index contributed by atoms with van der Waals surface area (Å²) in [7, 11) is 0. The number of hydrogen-bond donors (Lipinski definition) is 0. The fourth-order valence-corrected chi connectivity index (χ4v) is 2.74. The first-order valence-corrected chi connectivity index (χ1v) is 8.26. The van der Waals surface area contributed by atoms with Crippen molar-refractivity contribution in [2.75, 3.05) is 0 Å². The minimum Gasteiger partial charge on any atom is -0.289 e. The monoisotopic (exact) mass is 332 g/mol. The average molecular weight is 332 g/mol. The molecule has 0 heterocycles. The lowest BCUT2D eigenvalue weighted by Crippen LogP contribution is -2.19. The van der Waals surface area contributed by atoms with E-state index in [9.17, 15) is 9.59 Å². The molecule has 25 heavy (non-hydrogen) atoms. The summed E-state index contributed by atoms with van der Waals surface area (Å²) in [5.74, 6) is -0.0703. The molecular formula is C23H24O2. The van der Waals surface area contributed by atoms with Crippen LogP contribution in [0.3, 0.4) is 0 Å². The first-order chi connectivity index (χ1) is 11.6. The summed E-state index contributed by atoms with van der Waals surface area (Å²) < 4.78 is 0.